The molecule has 0 radical (unpaired) electrons. The van der Waals surface area contributed by atoms with Crippen LogP contribution in [0, 0.1) is 0 Å². The summed E-state index contributed by atoms with van der Waals surface area (Å²) in [6.45, 7) is 4.14. The van der Waals surface area contributed by atoms with Crippen molar-refractivity contribution in [1.29, 1.82) is 0 Å². The van der Waals surface area contributed by atoms with Crippen molar-refractivity contribution < 1.29 is 8.42 Å². The normalized spacial score (nSPS) is 12.7. The molecule has 0 saturated heterocycles. The highest BCUT2D eigenvalue weighted by Gasteiger charge is 2.17. The van der Waals surface area contributed by atoms with Crippen molar-refractivity contribution in [3.05, 3.63) is 84.4 Å². The maximum atomic E-state index is 11.6. The van der Waals surface area contributed by atoms with E-state index in [2.05, 4.69) is 18.0 Å². The van der Waals surface area contributed by atoms with Gasteiger partial charge in [0.25, 0.3) is 0 Å². The Hall–Kier alpha value is -2.54. The number of benzene rings is 3. The van der Waals surface area contributed by atoms with Gasteiger partial charge < -0.3 is 5.32 Å². The molecular weight excluding hydrogens is 364 g/mol. The lowest BCUT2D eigenvalue weighted by Crippen LogP contribution is -2.12. The van der Waals surface area contributed by atoms with Crippen LogP contribution in [-0.2, 0) is 10.0 Å². The van der Waals surface area contributed by atoms with Gasteiger partial charge >= 0.3 is 0 Å². The van der Waals surface area contributed by atoms with Crippen LogP contribution in [0.2, 0.25) is 0 Å². The summed E-state index contributed by atoms with van der Waals surface area (Å²) in [5, 5.41) is 8.68. The Morgan fingerprint density at radius 1 is 0.885 bits per heavy atom. The van der Waals surface area contributed by atoms with E-state index in [1.165, 1.54) is 11.0 Å². The lowest BCUT2D eigenvalue weighted by Gasteiger charge is -2.21. The van der Waals surface area contributed by atoms with E-state index in [4.69, 9.17) is 5.14 Å². The number of rotatable bonds is 3. The Morgan fingerprint density at radius 3 is 2.42 bits per heavy atom. The first-order chi connectivity index (χ1) is 12.4. The molecule has 3 aromatic carbocycles. The number of nitrogens with two attached hydrogens (primary N) is 1. The van der Waals surface area contributed by atoms with Crippen LogP contribution in [-0.4, -0.2) is 8.42 Å². The molecular formula is C20H16N2O2S2. The summed E-state index contributed by atoms with van der Waals surface area (Å²) in [6.07, 6.45) is 0. The van der Waals surface area contributed by atoms with Crippen LogP contribution in [0.3, 0.4) is 0 Å². The quantitative estimate of drug-likeness (QED) is 0.545. The topological polar surface area (TPSA) is 72.2 Å². The van der Waals surface area contributed by atoms with Crippen LogP contribution in [0.5, 0.6) is 0 Å². The highest BCUT2D eigenvalue weighted by atomic mass is 32.2. The second kappa shape index (κ2) is 6.32. The molecule has 3 aromatic rings. The maximum absolute atomic E-state index is 11.6. The number of hydrogen-bond donors (Lipinski definition) is 2. The Bertz CT molecular complexity index is 1140. The SMILES string of the molecule is C=C(c1cccc(S(N)(=O)=O)c1)c1ccc2c(c1)Nc1ccccc1S2. The molecule has 1 aliphatic rings. The molecule has 4 nitrogen and oxygen atoms in total. The standard InChI is InChI=1S/C20H16N2O2S2/c1-13(14-5-4-6-16(11-14)26(21,23)24)15-9-10-20-18(12-15)22-17-7-2-3-8-19(17)25-20/h2-12,22H,1H2,(H2,21,23,24). The van der Waals surface area contributed by atoms with Gasteiger partial charge in [-0.05, 0) is 53.1 Å². The number of nitrogens with one attached hydrogen (secondary N) is 1. The second-order valence-electron chi connectivity index (χ2n) is 5.99. The van der Waals surface area contributed by atoms with E-state index < -0.39 is 10.0 Å². The molecule has 1 heterocycles. The average Bonchev–Trinajstić information content (AvgIpc) is 2.64. The minimum atomic E-state index is -3.75. The third-order valence-electron chi connectivity index (χ3n) is 4.22. The van der Waals surface area contributed by atoms with Crippen molar-refractivity contribution in [3.8, 4) is 0 Å². The fourth-order valence-corrected chi connectivity index (χ4v) is 4.38. The zero-order valence-corrected chi connectivity index (χ0v) is 15.4. The van der Waals surface area contributed by atoms with Crippen LogP contribution in [0.15, 0.2) is 88.0 Å². The predicted octanol–water partition coefficient (Wildman–Crippen LogP) is 4.60. The van der Waals surface area contributed by atoms with Crippen LogP contribution in [0.1, 0.15) is 11.1 Å². The maximum Gasteiger partial charge on any atom is 0.238 e. The summed E-state index contributed by atoms with van der Waals surface area (Å²) in [6, 6.07) is 20.8. The smallest absolute Gasteiger partial charge is 0.238 e. The molecule has 0 aromatic heterocycles. The van der Waals surface area contributed by atoms with Gasteiger partial charge in [0, 0.05) is 9.79 Å². The average molecular weight is 380 g/mol. The first-order valence-electron chi connectivity index (χ1n) is 7.92. The molecule has 0 spiro atoms. The lowest BCUT2D eigenvalue weighted by atomic mass is 9.99. The molecule has 130 valence electrons. The summed E-state index contributed by atoms with van der Waals surface area (Å²) < 4.78 is 23.2. The van der Waals surface area contributed by atoms with Crippen molar-refractivity contribution >= 4 is 38.7 Å². The molecule has 0 unspecified atom stereocenters. The molecule has 1 aliphatic heterocycles. The van der Waals surface area contributed by atoms with Gasteiger partial charge in [-0.15, -0.1) is 0 Å². The van der Waals surface area contributed by atoms with Crippen molar-refractivity contribution in [2.24, 2.45) is 5.14 Å². The highest BCUT2D eigenvalue weighted by molar-refractivity contribution is 7.99. The number of anilines is 2. The van der Waals surface area contributed by atoms with Gasteiger partial charge in [-0.25, -0.2) is 13.6 Å². The fourth-order valence-electron chi connectivity index (χ4n) is 2.85. The van der Waals surface area contributed by atoms with Gasteiger partial charge in [-0.2, -0.15) is 0 Å². The van der Waals surface area contributed by atoms with Gasteiger partial charge in [-0.1, -0.05) is 48.7 Å². The van der Waals surface area contributed by atoms with Crippen LogP contribution in [0.25, 0.3) is 5.57 Å². The van der Waals surface area contributed by atoms with E-state index >= 15 is 0 Å². The zero-order valence-electron chi connectivity index (χ0n) is 13.8. The third kappa shape index (κ3) is 3.14. The molecule has 26 heavy (non-hydrogen) atoms. The van der Waals surface area contributed by atoms with Gasteiger partial charge in [-0.3, -0.25) is 0 Å². The lowest BCUT2D eigenvalue weighted by molar-refractivity contribution is 0.598. The van der Waals surface area contributed by atoms with Gasteiger partial charge in [0.2, 0.25) is 10.0 Å². The number of para-hydroxylation sites is 1. The van der Waals surface area contributed by atoms with E-state index in [0.717, 1.165) is 33.0 Å². The number of fused-ring (bicyclic) bond motifs is 2. The Morgan fingerprint density at radius 2 is 1.62 bits per heavy atom. The predicted molar refractivity (Wildman–Crippen MR) is 106 cm³/mol. The molecule has 0 atom stereocenters. The largest absolute Gasteiger partial charge is 0.354 e. The van der Waals surface area contributed by atoms with E-state index in [-0.39, 0.29) is 4.90 Å². The molecule has 0 amide bonds. The molecule has 4 rings (SSSR count). The van der Waals surface area contributed by atoms with Crippen molar-refractivity contribution in [2.75, 3.05) is 5.32 Å². The molecule has 3 N–H and O–H groups in total. The van der Waals surface area contributed by atoms with E-state index in [9.17, 15) is 8.42 Å². The number of primary sulfonamides is 1. The Labute approximate surface area is 156 Å². The van der Waals surface area contributed by atoms with E-state index in [0.29, 0.717) is 0 Å². The summed E-state index contributed by atoms with van der Waals surface area (Å²) >= 11 is 1.72. The van der Waals surface area contributed by atoms with E-state index in [1.54, 1.807) is 23.9 Å². The van der Waals surface area contributed by atoms with Gasteiger partial charge in [0.1, 0.15) is 0 Å². The summed E-state index contributed by atoms with van der Waals surface area (Å²) in [5.74, 6) is 0. The summed E-state index contributed by atoms with van der Waals surface area (Å²) in [4.78, 5) is 2.41. The summed E-state index contributed by atoms with van der Waals surface area (Å²) in [5.41, 5.74) is 4.46. The Balaban J connectivity index is 1.69. The van der Waals surface area contributed by atoms with Crippen LogP contribution < -0.4 is 10.5 Å². The first kappa shape index (κ1) is 16.9. The van der Waals surface area contributed by atoms with Gasteiger partial charge in [0.15, 0.2) is 0 Å². The first-order valence-corrected chi connectivity index (χ1v) is 10.3. The molecule has 0 fully saturated rings. The fraction of sp³-hybridized carbons (Fsp3) is 0. The van der Waals surface area contributed by atoms with Crippen LogP contribution in [0.4, 0.5) is 11.4 Å². The summed E-state index contributed by atoms with van der Waals surface area (Å²) in [7, 11) is -3.75. The molecule has 6 heteroatoms. The zero-order chi connectivity index (χ0) is 18.3. The van der Waals surface area contributed by atoms with Crippen molar-refractivity contribution in [2.45, 2.75) is 14.7 Å². The van der Waals surface area contributed by atoms with Crippen LogP contribution >= 0.6 is 11.8 Å². The minimum absolute atomic E-state index is 0.0803. The second-order valence-corrected chi connectivity index (χ2v) is 8.63. The Kier molecular flexibility index (Phi) is 4.11. The van der Waals surface area contributed by atoms with E-state index in [1.807, 2.05) is 42.5 Å². The third-order valence-corrected chi connectivity index (χ3v) is 6.28. The molecule has 0 aliphatic carbocycles. The number of sulfonamides is 1. The molecule has 0 bridgehead atoms. The van der Waals surface area contributed by atoms with Crippen molar-refractivity contribution in [1.82, 2.24) is 0 Å². The number of hydrogen-bond acceptors (Lipinski definition) is 4. The van der Waals surface area contributed by atoms with Crippen molar-refractivity contribution in [3.63, 3.8) is 0 Å². The minimum Gasteiger partial charge on any atom is -0.354 e. The highest BCUT2D eigenvalue weighted by Crippen LogP contribution is 2.44. The monoisotopic (exact) mass is 380 g/mol. The molecule has 0 saturated carbocycles. The van der Waals surface area contributed by atoms with Gasteiger partial charge in [0.05, 0.1) is 16.3 Å².